The summed E-state index contributed by atoms with van der Waals surface area (Å²) in [7, 11) is -0.359. The highest BCUT2D eigenvalue weighted by Crippen LogP contribution is 2.33. The molecule has 0 N–H and O–H groups in total. The summed E-state index contributed by atoms with van der Waals surface area (Å²) in [5.41, 5.74) is 0.970. The molecule has 1 aliphatic heterocycles. The highest BCUT2D eigenvalue weighted by molar-refractivity contribution is 7.89. The van der Waals surface area contributed by atoms with Crippen LogP contribution < -0.4 is 4.74 Å². The fourth-order valence-electron chi connectivity index (χ4n) is 1.58. The van der Waals surface area contributed by atoms with Crippen molar-refractivity contribution in [1.82, 2.24) is 4.31 Å². The predicted molar refractivity (Wildman–Crippen MR) is 56.5 cm³/mol. The van der Waals surface area contributed by atoms with Crippen molar-refractivity contribution >= 4 is 10.0 Å². The molecule has 0 aromatic heterocycles. The van der Waals surface area contributed by atoms with E-state index in [1.807, 2.05) is 6.07 Å². The van der Waals surface area contributed by atoms with E-state index in [-0.39, 0.29) is 4.90 Å². The van der Waals surface area contributed by atoms with Crippen LogP contribution in [0.1, 0.15) is 5.56 Å². The molecule has 2 rings (SSSR count). The van der Waals surface area contributed by atoms with Gasteiger partial charge in [-0.25, -0.2) is 12.7 Å². The summed E-state index contributed by atoms with van der Waals surface area (Å²) in [5, 5.41) is 0. The SMILES string of the molecule is CN(C)S(=O)(=O)c1cccc2c1OCC2. The molecule has 1 aromatic rings. The van der Waals surface area contributed by atoms with Gasteiger partial charge in [0.05, 0.1) is 6.61 Å². The Balaban J connectivity index is 2.60. The van der Waals surface area contributed by atoms with Crippen LogP contribution in [0.15, 0.2) is 23.1 Å². The minimum atomic E-state index is -3.39. The first-order chi connectivity index (χ1) is 7.03. The van der Waals surface area contributed by atoms with Crippen LogP contribution in [-0.2, 0) is 16.4 Å². The Labute approximate surface area is 89.5 Å². The number of benzene rings is 1. The quantitative estimate of drug-likeness (QED) is 0.753. The van der Waals surface area contributed by atoms with Gasteiger partial charge in [0.25, 0.3) is 0 Å². The molecule has 0 fully saturated rings. The van der Waals surface area contributed by atoms with Gasteiger partial charge in [0.1, 0.15) is 10.6 Å². The Bertz CT molecular complexity index is 479. The third kappa shape index (κ3) is 1.61. The molecule has 0 atom stereocenters. The lowest BCUT2D eigenvalue weighted by atomic mass is 10.2. The van der Waals surface area contributed by atoms with Crippen molar-refractivity contribution in [1.29, 1.82) is 0 Å². The predicted octanol–water partition coefficient (Wildman–Crippen LogP) is 0.872. The maximum Gasteiger partial charge on any atom is 0.246 e. The molecule has 1 heterocycles. The average molecular weight is 227 g/mol. The van der Waals surface area contributed by atoms with Crippen molar-refractivity contribution in [2.24, 2.45) is 0 Å². The third-order valence-corrected chi connectivity index (χ3v) is 4.28. The largest absolute Gasteiger partial charge is 0.492 e. The van der Waals surface area contributed by atoms with Gasteiger partial charge in [-0.2, -0.15) is 0 Å². The molecule has 0 spiro atoms. The van der Waals surface area contributed by atoms with Gasteiger partial charge in [-0.05, 0) is 11.6 Å². The maximum atomic E-state index is 11.9. The van der Waals surface area contributed by atoms with Crippen LogP contribution in [0.2, 0.25) is 0 Å². The molecule has 1 aliphatic rings. The molecule has 0 aliphatic carbocycles. The van der Waals surface area contributed by atoms with Gasteiger partial charge in [-0.3, -0.25) is 0 Å². The van der Waals surface area contributed by atoms with Crippen LogP contribution in [0.5, 0.6) is 5.75 Å². The van der Waals surface area contributed by atoms with E-state index in [2.05, 4.69) is 0 Å². The van der Waals surface area contributed by atoms with Crippen LogP contribution in [0.3, 0.4) is 0 Å². The molecule has 4 nitrogen and oxygen atoms in total. The van der Waals surface area contributed by atoms with Gasteiger partial charge in [0.15, 0.2) is 0 Å². The lowest BCUT2D eigenvalue weighted by Gasteiger charge is -2.13. The van der Waals surface area contributed by atoms with E-state index in [9.17, 15) is 8.42 Å². The van der Waals surface area contributed by atoms with Crippen LogP contribution in [0.25, 0.3) is 0 Å². The second kappa shape index (κ2) is 3.50. The van der Waals surface area contributed by atoms with Crippen LogP contribution in [-0.4, -0.2) is 33.4 Å². The van der Waals surface area contributed by atoms with Crippen molar-refractivity contribution in [2.75, 3.05) is 20.7 Å². The fraction of sp³-hybridized carbons (Fsp3) is 0.400. The van der Waals surface area contributed by atoms with Crippen LogP contribution in [0.4, 0.5) is 0 Å². The number of hydrogen-bond acceptors (Lipinski definition) is 3. The van der Waals surface area contributed by atoms with Gasteiger partial charge in [0.2, 0.25) is 10.0 Å². The molecule has 0 radical (unpaired) electrons. The number of para-hydroxylation sites is 1. The summed E-state index contributed by atoms with van der Waals surface area (Å²) in [6, 6.07) is 5.24. The first kappa shape index (κ1) is 10.4. The maximum absolute atomic E-state index is 11.9. The Kier molecular flexibility index (Phi) is 2.44. The van der Waals surface area contributed by atoms with Gasteiger partial charge < -0.3 is 4.74 Å². The van der Waals surface area contributed by atoms with Crippen molar-refractivity contribution in [3.05, 3.63) is 23.8 Å². The minimum Gasteiger partial charge on any atom is -0.492 e. The molecule has 0 saturated carbocycles. The number of sulfonamides is 1. The summed E-state index contributed by atoms with van der Waals surface area (Å²) >= 11 is 0. The van der Waals surface area contributed by atoms with Gasteiger partial charge in [0, 0.05) is 20.5 Å². The minimum absolute atomic E-state index is 0.266. The average Bonchev–Trinajstić information content (AvgIpc) is 2.64. The van der Waals surface area contributed by atoms with E-state index in [4.69, 9.17) is 4.74 Å². The first-order valence-corrected chi connectivity index (χ1v) is 6.14. The third-order valence-electron chi connectivity index (χ3n) is 2.44. The highest BCUT2D eigenvalue weighted by Gasteiger charge is 2.26. The highest BCUT2D eigenvalue weighted by atomic mass is 32.2. The summed E-state index contributed by atoms with van der Waals surface area (Å²) < 4.78 is 30.4. The van der Waals surface area contributed by atoms with Crippen LogP contribution in [0, 0.1) is 0 Å². The second-order valence-corrected chi connectivity index (χ2v) is 5.75. The molecular formula is C10H13NO3S. The molecule has 15 heavy (non-hydrogen) atoms. The number of nitrogens with zero attached hydrogens (tertiary/aromatic N) is 1. The van der Waals surface area contributed by atoms with Gasteiger partial charge in [-0.15, -0.1) is 0 Å². The molecule has 0 bridgehead atoms. The topological polar surface area (TPSA) is 46.6 Å². The molecule has 5 heteroatoms. The van der Waals surface area contributed by atoms with E-state index in [0.717, 1.165) is 12.0 Å². The van der Waals surface area contributed by atoms with Crippen molar-refractivity contribution in [3.8, 4) is 5.75 Å². The summed E-state index contributed by atoms with van der Waals surface area (Å²) in [6.45, 7) is 0.565. The number of ether oxygens (including phenoxy) is 1. The number of rotatable bonds is 2. The summed E-state index contributed by atoms with van der Waals surface area (Å²) in [5.74, 6) is 0.520. The number of hydrogen-bond donors (Lipinski definition) is 0. The van der Waals surface area contributed by atoms with E-state index in [0.29, 0.717) is 12.4 Å². The zero-order valence-electron chi connectivity index (χ0n) is 8.73. The molecule has 0 unspecified atom stereocenters. The lowest BCUT2D eigenvalue weighted by Crippen LogP contribution is -2.22. The second-order valence-electron chi connectivity index (χ2n) is 3.63. The lowest BCUT2D eigenvalue weighted by molar-refractivity contribution is 0.347. The fourth-order valence-corrected chi connectivity index (χ4v) is 2.65. The van der Waals surface area contributed by atoms with E-state index in [1.54, 1.807) is 12.1 Å². The normalized spacial score (nSPS) is 15.1. The van der Waals surface area contributed by atoms with Crippen molar-refractivity contribution in [2.45, 2.75) is 11.3 Å². The van der Waals surface area contributed by atoms with E-state index >= 15 is 0 Å². The Morgan fingerprint density at radius 1 is 1.33 bits per heavy atom. The molecular weight excluding hydrogens is 214 g/mol. The summed E-state index contributed by atoms with van der Waals surface area (Å²) in [4.78, 5) is 0.266. The monoisotopic (exact) mass is 227 g/mol. The molecule has 0 amide bonds. The smallest absolute Gasteiger partial charge is 0.246 e. The van der Waals surface area contributed by atoms with Crippen molar-refractivity contribution in [3.63, 3.8) is 0 Å². The molecule has 1 aromatic carbocycles. The van der Waals surface area contributed by atoms with Crippen LogP contribution >= 0.6 is 0 Å². The van der Waals surface area contributed by atoms with Gasteiger partial charge >= 0.3 is 0 Å². The Morgan fingerprint density at radius 3 is 2.73 bits per heavy atom. The first-order valence-electron chi connectivity index (χ1n) is 4.70. The zero-order valence-corrected chi connectivity index (χ0v) is 9.54. The standard InChI is InChI=1S/C10H13NO3S/c1-11(2)15(12,13)9-5-3-4-8-6-7-14-10(8)9/h3-5H,6-7H2,1-2H3. The zero-order chi connectivity index (χ0) is 11.1. The Morgan fingerprint density at radius 2 is 2.07 bits per heavy atom. The number of fused-ring (bicyclic) bond motifs is 1. The van der Waals surface area contributed by atoms with E-state index < -0.39 is 10.0 Å². The molecule has 0 saturated heterocycles. The Hall–Kier alpha value is -1.07. The van der Waals surface area contributed by atoms with Gasteiger partial charge in [-0.1, -0.05) is 12.1 Å². The van der Waals surface area contributed by atoms with E-state index in [1.165, 1.54) is 18.4 Å². The summed E-state index contributed by atoms with van der Waals surface area (Å²) in [6.07, 6.45) is 0.784. The van der Waals surface area contributed by atoms with Crippen molar-refractivity contribution < 1.29 is 13.2 Å². The molecule has 82 valence electrons.